The van der Waals surface area contributed by atoms with E-state index in [-0.39, 0.29) is 12.0 Å². The Bertz CT molecular complexity index is 705. The van der Waals surface area contributed by atoms with Crippen LogP contribution in [0.2, 0.25) is 0 Å². The highest BCUT2D eigenvalue weighted by Crippen LogP contribution is 2.19. The number of ether oxygens (including phenoxy) is 1. The number of benzene rings is 2. The molecule has 1 unspecified atom stereocenters. The number of carbonyl (C=O) groups excluding carboxylic acids is 1. The highest BCUT2D eigenvalue weighted by Gasteiger charge is 2.09. The fourth-order valence-electron chi connectivity index (χ4n) is 3.01. The van der Waals surface area contributed by atoms with Gasteiger partial charge in [-0.2, -0.15) is 0 Å². The second-order valence-corrected chi connectivity index (χ2v) is 7.10. The molecule has 2 aromatic carbocycles. The Hall–Kier alpha value is -2.33. The lowest BCUT2D eigenvalue weighted by molar-refractivity contribution is -0.115. The molecule has 2 aromatic rings. The molecule has 2 N–H and O–H groups in total. The third kappa shape index (κ3) is 7.06. The molecule has 0 aromatic heterocycles. The molecule has 1 amide bonds. The molecule has 0 bridgehead atoms. The van der Waals surface area contributed by atoms with Gasteiger partial charge in [0.05, 0.1) is 12.6 Å². The molecule has 0 aliphatic carbocycles. The van der Waals surface area contributed by atoms with Crippen molar-refractivity contribution in [1.29, 1.82) is 0 Å². The minimum atomic E-state index is -0.00431. The number of rotatable bonds is 10. The van der Waals surface area contributed by atoms with E-state index in [1.807, 2.05) is 44.2 Å². The number of carbonyl (C=O) groups is 1. The van der Waals surface area contributed by atoms with Gasteiger partial charge in [-0.1, -0.05) is 42.8 Å². The molecule has 0 saturated carbocycles. The van der Waals surface area contributed by atoms with Gasteiger partial charge in [-0.05, 0) is 69.8 Å². The Morgan fingerprint density at radius 1 is 1.04 bits per heavy atom. The lowest BCUT2D eigenvalue weighted by Crippen LogP contribution is -2.30. The van der Waals surface area contributed by atoms with Crippen molar-refractivity contribution in [1.82, 2.24) is 5.32 Å². The minimum absolute atomic E-state index is 0.00431. The SMILES string of the molecule is CCC(CCCNCC(=O)Nc1c(C)cccc1C)Oc1ccc(C)cc1. The van der Waals surface area contributed by atoms with Gasteiger partial charge in [-0.3, -0.25) is 4.79 Å². The van der Waals surface area contributed by atoms with Crippen molar-refractivity contribution in [2.75, 3.05) is 18.4 Å². The van der Waals surface area contributed by atoms with Gasteiger partial charge in [0.2, 0.25) is 5.91 Å². The van der Waals surface area contributed by atoms with E-state index in [9.17, 15) is 4.79 Å². The van der Waals surface area contributed by atoms with Gasteiger partial charge < -0.3 is 15.4 Å². The fourth-order valence-corrected chi connectivity index (χ4v) is 3.01. The molecule has 0 saturated heterocycles. The van der Waals surface area contributed by atoms with E-state index in [0.29, 0.717) is 6.54 Å². The molecule has 0 radical (unpaired) electrons. The first-order chi connectivity index (χ1) is 13.0. The molecular formula is C23H32N2O2. The van der Waals surface area contributed by atoms with Crippen LogP contribution < -0.4 is 15.4 Å². The Balaban J connectivity index is 1.66. The van der Waals surface area contributed by atoms with Crippen LogP contribution in [0.3, 0.4) is 0 Å². The number of nitrogens with one attached hydrogen (secondary N) is 2. The van der Waals surface area contributed by atoms with Gasteiger partial charge in [0.1, 0.15) is 5.75 Å². The van der Waals surface area contributed by atoms with E-state index < -0.39 is 0 Å². The summed E-state index contributed by atoms with van der Waals surface area (Å²) in [5, 5.41) is 6.23. The second-order valence-electron chi connectivity index (χ2n) is 7.10. The Kier molecular flexibility index (Phi) is 8.34. The van der Waals surface area contributed by atoms with E-state index in [4.69, 9.17) is 4.74 Å². The summed E-state index contributed by atoms with van der Waals surface area (Å²) in [4.78, 5) is 12.1. The highest BCUT2D eigenvalue weighted by molar-refractivity contribution is 5.93. The Morgan fingerprint density at radius 3 is 2.33 bits per heavy atom. The van der Waals surface area contributed by atoms with Crippen molar-refractivity contribution in [3.05, 3.63) is 59.2 Å². The third-order valence-corrected chi connectivity index (χ3v) is 4.69. The van der Waals surface area contributed by atoms with E-state index in [1.54, 1.807) is 0 Å². The van der Waals surface area contributed by atoms with Crippen LogP contribution in [0.1, 0.15) is 42.9 Å². The van der Waals surface area contributed by atoms with Crippen LogP contribution >= 0.6 is 0 Å². The standard InChI is InChI=1S/C23H32N2O2/c1-5-20(27-21-13-11-17(2)12-14-21)10-7-15-24-16-22(26)25-23-18(3)8-6-9-19(23)4/h6,8-9,11-14,20,24H,5,7,10,15-16H2,1-4H3,(H,25,26). The zero-order valence-electron chi connectivity index (χ0n) is 17.0. The van der Waals surface area contributed by atoms with Crippen molar-refractivity contribution in [3.8, 4) is 5.75 Å². The number of para-hydroxylation sites is 1. The van der Waals surface area contributed by atoms with Crippen LogP contribution in [-0.4, -0.2) is 25.1 Å². The van der Waals surface area contributed by atoms with Gasteiger partial charge in [0, 0.05) is 5.69 Å². The monoisotopic (exact) mass is 368 g/mol. The zero-order valence-corrected chi connectivity index (χ0v) is 17.0. The van der Waals surface area contributed by atoms with Gasteiger partial charge in [0.25, 0.3) is 0 Å². The Labute approximate surface area is 163 Å². The third-order valence-electron chi connectivity index (χ3n) is 4.69. The number of hydrogen-bond donors (Lipinski definition) is 2. The summed E-state index contributed by atoms with van der Waals surface area (Å²) in [6.07, 6.45) is 3.12. The van der Waals surface area contributed by atoms with Gasteiger partial charge in [-0.25, -0.2) is 0 Å². The predicted molar refractivity (Wildman–Crippen MR) is 113 cm³/mol. The Morgan fingerprint density at radius 2 is 1.70 bits per heavy atom. The lowest BCUT2D eigenvalue weighted by Gasteiger charge is -2.18. The van der Waals surface area contributed by atoms with Crippen molar-refractivity contribution in [2.24, 2.45) is 0 Å². The summed E-state index contributed by atoms with van der Waals surface area (Å²) in [6.45, 7) is 9.36. The summed E-state index contributed by atoms with van der Waals surface area (Å²) in [6, 6.07) is 14.2. The van der Waals surface area contributed by atoms with Crippen molar-refractivity contribution in [2.45, 2.75) is 53.1 Å². The van der Waals surface area contributed by atoms with Gasteiger partial charge in [-0.15, -0.1) is 0 Å². The molecule has 0 aliphatic heterocycles. The van der Waals surface area contributed by atoms with Crippen LogP contribution in [0.25, 0.3) is 0 Å². The van der Waals surface area contributed by atoms with Gasteiger partial charge >= 0.3 is 0 Å². The molecule has 0 aliphatic rings. The summed E-state index contributed by atoms with van der Waals surface area (Å²) < 4.78 is 6.04. The molecule has 146 valence electrons. The number of anilines is 1. The molecule has 0 heterocycles. The average Bonchev–Trinajstić information content (AvgIpc) is 2.65. The van der Waals surface area contributed by atoms with Crippen LogP contribution in [0.15, 0.2) is 42.5 Å². The first kappa shape index (κ1) is 21.0. The van der Waals surface area contributed by atoms with E-state index in [1.165, 1.54) is 5.56 Å². The smallest absolute Gasteiger partial charge is 0.238 e. The summed E-state index contributed by atoms with van der Waals surface area (Å²) in [5.41, 5.74) is 4.32. The maximum Gasteiger partial charge on any atom is 0.238 e. The number of aryl methyl sites for hydroxylation is 3. The quantitative estimate of drug-likeness (QED) is 0.594. The molecule has 27 heavy (non-hydrogen) atoms. The normalized spacial score (nSPS) is 11.9. The maximum atomic E-state index is 12.1. The molecular weight excluding hydrogens is 336 g/mol. The summed E-state index contributed by atoms with van der Waals surface area (Å²) in [7, 11) is 0. The van der Waals surface area contributed by atoms with E-state index >= 15 is 0 Å². The zero-order chi connectivity index (χ0) is 19.6. The largest absolute Gasteiger partial charge is 0.490 e. The van der Waals surface area contributed by atoms with E-state index in [0.717, 1.165) is 48.4 Å². The van der Waals surface area contributed by atoms with Crippen LogP contribution in [0.4, 0.5) is 5.69 Å². The topological polar surface area (TPSA) is 50.4 Å². The summed E-state index contributed by atoms with van der Waals surface area (Å²) >= 11 is 0. The number of hydrogen-bond acceptors (Lipinski definition) is 3. The molecule has 0 spiro atoms. The van der Waals surface area contributed by atoms with Crippen LogP contribution in [0.5, 0.6) is 5.75 Å². The van der Waals surface area contributed by atoms with Gasteiger partial charge in [0.15, 0.2) is 0 Å². The second kappa shape index (κ2) is 10.7. The van der Waals surface area contributed by atoms with Crippen molar-refractivity contribution >= 4 is 11.6 Å². The first-order valence-corrected chi connectivity index (χ1v) is 9.79. The average molecular weight is 369 g/mol. The highest BCUT2D eigenvalue weighted by atomic mass is 16.5. The molecule has 0 fully saturated rings. The molecule has 2 rings (SSSR count). The molecule has 1 atom stereocenters. The lowest BCUT2D eigenvalue weighted by atomic mass is 10.1. The maximum absolute atomic E-state index is 12.1. The van der Waals surface area contributed by atoms with Crippen molar-refractivity contribution < 1.29 is 9.53 Å². The van der Waals surface area contributed by atoms with Crippen molar-refractivity contribution in [3.63, 3.8) is 0 Å². The van der Waals surface area contributed by atoms with Crippen LogP contribution in [0, 0.1) is 20.8 Å². The number of amides is 1. The predicted octanol–water partition coefficient (Wildman–Crippen LogP) is 4.78. The fraction of sp³-hybridized carbons (Fsp3) is 0.435. The van der Waals surface area contributed by atoms with E-state index in [2.05, 4.69) is 36.6 Å². The molecule has 4 heteroatoms. The molecule has 4 nitrogen and oxygen atoms in total. The summed E-state index contributed by atoms with van der Waals surface area (Å²) in [5.74, 6) is 0.920. The first-order valence-electron chi connectivity index (χ1n) is 9.79. The van der Waals surface area contributed by atoms with Crippen LogP contribution in [-0.2, 0) is 4.79 Å². The minimum Gasteiger partial charge on any atom is -0.490 e.